The topological polar surface area (TPSA) is 78.5 Å². The molecule has 1 saturated carbocycles. The molecule has 0 aromatic rings. The van der Waals surface area contributed by atoms with Crippen molar-refractivity contribution >= 4 is 29.5 Å². The van der Waals surface area contributed by atoms with Crippen LogP contribution in [0.2, 0.25) is 0 Å². The summed E-state index contributed by atoms with van der Waals surface area (Å²) in [6, 6.07) is -2.79. The first-order valence-electron chi connectivity index (χ1n) is 10.5. The van der Waals surface area contributed by atoms with Gasteiger partial charge in [0.25, 0.3) is 0 Å². The van der Waals surface area contributed by atoms with Crippen molar-refractivity contribution in [3.8, 4) is 12.3 Å². The molecule has 180 valence electrons. The SMILES string of the molecule is C#CC(CCSC)NC(=O)[C@@H]1C2C(CN1C(=O)C(NC(=O)C(F)(F)F)C(C)(C)C)C2(C)C. The Balaban J connectivity index is 2.28. The fourth-order valence-electron chi connectivity index (χ4n) is 4.53. The van der Waals surface area contributed by atoms with E-state index in [1.807, 2.05) is 25.4 Å². The van der Waals surface area contributed by atoms with Gasteiger partial charge in [0.05, 0.1) is 6.04 Å². The molecule has 3 amide bonds. The average molecular weight is 476 g/mol. The molecule has 1 aliphatic heterocycles. The van der Waals surface area contributed by atoms with E-state index in [-0.39, 0.29) is 23.8 Å². The van der Waals surface area contributed by atoms with Crippen molar-refractivity contribution in [3.05, 3.63) is 0 Å². The summed E-state index contributed by atoms with van der Waals surface area (Å²) in [5.41, 5.74) is -1.17. The molecule has 2 N–H and O–H groups in total. The highest BCUT2D eigenvalue weighted by molar-refractivity contribution is 7.98. The Morgan fingerprint density at radius 3 is 2.28 bits per heavy atom. The zero-order chi connectivity index (χ0) is 24.6. The van der Waals surface area contributed by atoms with Gasteiger partial charge >= 0.3 is 12.1 Å². The number of alkyl halides is 3. The van der Waals surface area contributed by atoms with Crippen molar-refractivity contribution < 1.29 is 27.6 Å². The number of piperidine rings is 1. The van der Waals surface area contributed by atoms with E-state index in [1.54, 1.807) is 32.5 Å². The van der Waals surface area contributed by atoms with Crippen molar-refractivity contribution in [1.29, 1.82) is 0 Å². The molecule has 0 aromatic heterocycles. The maximum absolute atomic E-state index is 13.4. The fourth-order valence-corrected chi connectivity index (χ4v) is 5.00. The van der Waals surface area contributed by atoms with Crippen molar-refractivity contribution in [2.75, 3.05) is 18.6 Å². The number of carbonyl (C=O) groups excluding carboxylic acids is 3. The molecule has 32 heavy (non-hydrogen) atoms. The van der Waals surface area contributed by atoms with E-state index in [1.165, 1.54) is 4.90 Å². The summed E-state index contributed by atoms with van der Waals surface area (Å²) in [4.78, 5) is 39.5. The highest BCUT2D eigenvalue weighted by atomic mass is 32.2. The monoisotopic (exact) mass is 475 g/mol. The average Bonchev–Trinajstić information content (AvgIpc) is 3.02. The van der Waals surface area contributed by atoms with Gasteiger partial charge in [0.2, 0.25) is 11.8 Å². The lowest BCUT2D eigenvalue weighted by molar-refractivity contribution is -0.176. The molecule has 2 fully saturated rings. The molecule has 2 aliphatic rings. The Morgan fingerprint density at radius 2 is 1.81 bits per heavy atom. The van der Waals surface area contributed by atoms with E-state index in [9.17, 15) is 27.6 Å². The first-order chi connectivity index (χ1) is 14.6. The lowest BCUT2D eigenvalue weighted by Crippen LogP contribution is -2.61. The summed E-state index contributed by atoms with van der Waals surface area (Å²) < 4.78 is 38.6. The van der Waals surface area contributed by atoms with Crippen LogP contribution in [0.4, 0.5) is 13.2 Å². The number of hydrogen-bond acceptors (Lipinski definition) is 4. The van der Waals surface area contributed by atoms with Crippen molar-refractivity contribution in [1.82, 2.24) is 15.5 Å². The molecule has 2 rings (SSSR count). The van der Waals surface area contributed by atoms with Crippen molar-refractivity contribution in [3.63, 3.8) is 0 Å². The van der Waals surface area contributed by atoms with E-state index in [4.69, 9.17) is 6.42 Å². The predicted molar refractivity (Wildman–Crippen MR) is 117 cm³/mol. The van der Waals surface area contributed by atoms with Gasteiger partial charge in [-0.25, -0.2) is 0 Å². The van der Waals surface area contributed by atoms with Gasteiger partial charge in [-0.15, -0.1) is 6.42 Å². The van der Waals surface area contributed by atoms with Gasteiger partial charge < -0.3 is 15.5 Å². The van der Waals surface area contributed by atoms with Gasteiger partial charge in [-0.1, -0.05) is 40.5 Å². The van der Waals surface area contributed by atoms with Gasteiger partial charge in [-0.2, -0.15) is 24.9 Å². The standard InChI is InChI=1S/C22H32F3N3O3S/c1-8-12(9-10-32-7)26-17(29)15-14-13(21(14,5)6)11-28(15)18(30)16(20(2,3)4)27-19(31)22(23,24)25/h1,12-16H,9-11H2,2-7H3,(H,26,29)(H,27,31)/t12?,13?,14?,15-,16?/m0/s1. The molecular formula is C22H32F3N3O3S. The van der Waals surface area contributed by atoms with Crippen LogP contribution in [0, 0.1) is 35.0 Å². The quantitative estimate of drug-likeness (QED) is 0.555. The number of carbonyl (C=O) groups is 3. The number of nitrogens with zero attached hydrogens (tertiary/aromatic N) is 1. The summed E-state index contributed by atoms with van der Waals surface area (Å²) >= 11 is 1.59. The van der Waals surface area contributed by atoms with E-state index < -0.39 is 47.4 Å². The smallest absolute Gasteiger partial charge is 0.341 e. The summed E-state index contributed by atoms with van der Waals surface area (Å²) in [6.45, 7) is 8.96. The van der Waals surface area contributed by atoms with Crippen LogP contribution in [0.1, 0.15) is 41.0 Å². The second-order valence-electron chi connectivity index (χ2n) is 10.2. The largest absolute Gasteiger partial charge is 0.471 e. The lowest BCUT2D eigenvalue weighted by Gasteiger charge is -2.37. The lowest BCUT2D eigenvalue weighted by atomic mass is 9.85. The third-order valence-corrected chi connectivity index (χ3v) is 7.18. The predicted octanol–water partition coefficient (Wildman–Crippen LogP) is 2.43. The molecule has 6 nitrogen and oxygen atoms in total. The zero-order valence-electron chi connectivity index (χ0n) is 19.3. The normalized spacial score (nSPS) is 25.9. The van der Waals surface area contributed by atoms with Gasteiger partial charge in [-0.3, -0.25) is 14.4 Å². The fraction of sp³-hybridized carbons (Fsp3) is 0.773. The number of fused-ring (bicyclic) bond motifs is 1. The first-order valence-corrected chi connectivity index (χ1v) is 11.9. The Labute approximate surface area is 191 Å². The second-order valence-corrected chi connectivity index (χ2v) is 11.2. The third kappa shape index (κ3) is 5.36. The first kappa shape index (κ1) is 26.4. The molecule has 0 spiro atoms. The summed E-state index contributed by atoms with van der Waals surface area (Å²) in [6.07, 6.45) is 2.91. The zero-order valence-corrected chi connectivity index (χ0v) is 20.1. The number of hydrogen-bond donors (Lipinski definition) is 2. The summed E-state index contributed by atoms with van der Waals surface area (Å²) in [5.74, 6) is -0.0611. The molecule has 1 saturated heterocycles. The van der Waals surface area contributed by atoms with Gasteiger partial charge in [0.1, 0.15) is 12.1 Å². The Bertz CT molecular complexity index is 801. The van der Waals surface area contributed by atoms with Gasteiger partial charge in [-0.05, 0) is 41.1 Å². The molecule has 1 aliphatic carbocycles. The van der Waals surface area contributed by atoms with E-state index >= 15 is 0 Å². The second kappa shape index (κ2) is 9.16. The number of amides is 3. The molecule has 0 aromatic carbocycles. The number of likely N-dealkylation sites (tertiary alicyclic amines) is 1. The highest BCUT2D eigenvalue weighted by Gasteiger charge is 2.69. The maximum Gasteiger partial charge on any atom is 0.471 e. The Kier molecular flexibility index (Phi) is 7.55. The molecule has 4 unspecified atom stereocenters. The Hall–Kier alpha value is -1.89. The molecular weight excluding hydrogens is 443 g/mol. The number of nitrogens with one attached hydrogen (secondary N) is 2. The number of halogens is 3. The Morgan fingerprint density at radius 1 is 1.22 bits per heavy atom. The van der Waals surface area contributed by atoms with Crippen LogP contribution in [0.5, 0.6) is 0 Å². The molecule has 5 atom stereocenters. The minimum absolute atomic E-state index is 0.0524. The molecule has 0 bridgehead atoms. The highest BCUT2D eigenvalue weighted by Crippen LogP contribution is 2.65. The van der Waals surface area contributed by atoms with Gasteiger partial charge in [0, 0.05) is 6.54 Å². The molecule has 10 heteroatoms. The number of terminal acetylenes is 1. The molecule has 0 radical (unpaired) electrons. The van der Waals surface area contributed by atoms with Crippen LogP contribution in [0.25, 0.3) is 0 Å². The van der Waals surface area contributed by atoms with Crippen LogP contribution < -0.4 is 10.6 Å². The van der Waals surface area contributed by atoms with Gasteiger partial charge in [0.15, 0.2) is 0 Å². The van der Waals surface area contributed by atoms with Crippen LogP contribution in [0.3, 0.4) is 0 Å². The van der Waals surface area contributed by atoms with Crippen molar-refractivity contribution in [2.24, 2.45) is 22.7 Å². The summed E-state index contributed by atoms with van der Waals surface area (Å²) in [5, 5.41) is 4.66. The van der Waals surface area contributed by atoms with Crippen LogP contribution in [0.15, 0.2) is 0 Å². The third-order valence-electron chi connectivity index (χ3n) is 6.53. The van der Waals surface area contributed by atoms with Crippen LogP contribution in [-0.2, 0) is 14.4 Å². The van der Waals surface area contributed by atoms with Crippen molar-refractivity contribution in [2.45, 2.75) is 65.3 Å². The summed E-state index contributed by atoms with van der Waals surface area (Å²) in [7, 11) is 0. The van der Waals surface area contributed by atoms with E-state index in [0.29, 0.717) is 6.42 Å². The maximum atomic E-state index is 13.4. The van der Waals surface area contributed by atoms with Crippen LogP contribution in [-0.4, -0.2) is 65.5 Å². The van der Waals surface area contributed by atoms with E-state index in [0.717, 1.165) is 5.75 Å². The number of rotatable bonds is 7. The molecule has 1 heterocycles. The minimum atomic E-state index is -5.12. The van der Waals surface area contributed by atoms with Crippen LogP contribution >= 0.6 is 11.8 Å². The number of thioether (sulfide) groups is 1. The van der Waals surface area contributed by atoms with E-state index in [2.05, 4.69) is 11.2 Å². The minimum Gasteiger partial charge on any atom is -0.341 e.